The van der Waals surface area contributed by atoms with Gasteiger partial charge in [0.15, 0.2) is 0 Å². The van der Waals surface area contributed by atoms with Crippen LogP contribution in [0.25, 0.3) is 0 Å². The fourth-order valence-electron chi connectivity index (χ4n) is 9.72. The van der Waals surface area contributed by atoms with Gasteiger partial charge < -0.3 is 9.11 Å². The standard InChI is InChI=1S/2C29H60O4S.Ca/c2*1-3-5-7-9-11-12-13-14-15-16-17-18-19-21-23-25-27-29(28-33-34(30,31)32)26-24-22-20-10-8-6-4-2;/h2*29H,3-28H2,1-2H3,(H,30,31,32);/q;;+2/p-2. The Kier molecular flexibility index (Phi) is 64.4. The first-order chi connectivity index (χ1) is 33.0. The molecule has 0 amide bonds. The fourth-order valence-corrected chi connectivity index (χ4v) is 10.4. The number of hydrogen-bond acceptors (Lipinski definition) is 8. The molecule has 69 heavy (non-hydrogen) atoms. The fraction of sp³-hybridized carbons (Fsp3) is 1.00. The van der Waals surface area contributed by atoms with Crippen LogP contribution >= 0.6 is 0 Å². The van der Waals surface area contributed by atoms with E-state index in [1.54, 1.807) is 0 Å². The second kappa shape index (κ2) is 59.9. The molecule has 8 nitrogen and oxygen atoms in total. The monoisotopic (exact) mass is 1050 g/mol. The van der Waals surface area contributed by atoms with Crippen LogP contribution in [0.5, 0.6) is 0 Å². The van der Waals surface area contributed by atoms with Crippen molar-refractivity contribution in [1.29, 1.82) is 0 Å². The molecular weight excluding hydrogens is 929 g/mol. The van der Waals surface area contributed by atoms with Crippen molar-refractivity contribution in [3.63, 3.8) is 0 Å². The Morgan fingerprint density at radius 1 is 0.261 bits per heavy atom. The molecule has 0 aliphatic rings. The van der Waals surface area contributed by atoms with Gasteiger partial charge >= 0.3 is 37.7 Å². The molecule has 0 radical (unpaired) electrons. The van der Waals surface area contributed by atoms with Crippen molar-refractivity contribution in [3.8, 4) is 0 Å². The zero-order valence-electron chi connectivity index (χ0n) is 46.7. The van der Waals surface area contributed by atoms with Crippen LogP contribution in [0.15, 0.2) is 0 Å². The van der Waals surface area contributed by atoms with Crippen molar-refractivity contribution in [1.82, 2.24) is 0 Å². The zero-order valence-corrected chi connectivity index (χ0v) is 50.6. The quantitative estimate of drug-likeness (QED) is 0.0255. The van der Waals surface area contributed by atoms with Gasteiger partial charge in [-0.1, -0.05) is 323 Å². The smallest absolute Gasteiger partial charge is 0.726 e. The molecule has 0 aliphatic carbocycles. The maximum atomic E-state index is 10.9. The number of hydrogen-bond donors (Lipinski definition) is 0. The molecule has 0 rings (SSSR count). The third-order valence-corrected chi connectivity index (χ3v) is 15.1. The molecule has 0 saturated heterocycles. The first-order valence-corrected chi connectivity index (χ1v) is 32.9. The van der Waals surface area contributed by atoms with Crippen LogP contribution in [0.4, 0.5) is 0 Å². The molecule has 0 aromatic rings. The van der Waals surface area contributed by atoms with Gasteiger partial charge in [-0.25, -0.2) is 16.8 Å². The molecule has 0 aliphatic heterocycles. The second-order valence-electron chi connectivity index (χ2n) is 21.1. The van der Waals surface area contributed by atoms with Crippen LogP contribution in [0.3, 0.4) is 0 Å². The molecular formula is C58H118CaO8S2. The van der Waals surface area contributed by atoms with E-state index in [0.29, 0.717) is 0 Å². The normalized spacial score (nSPS) is 12.7. The summed E-state index contributed by atoms with van der Waals surface area (Å²) in [6.45, 7) is 9.15. The largest absolute Gasteiger partial charge is 2.00 e. The van der Waals surface area contributed by atoms with E-state index in [4.69, 9.17) is 0 Å². The Labute approximate surface area is 463 Å². The Morgan fingerprint density at radius 2 is 0.391 bits per heavy atom. The van der Waals surface area contributed by atoms with Crippen LogP contribution in [0, 0.1) is 11.8 Å². The minimum atomic E-state index is -4.58. The van der Waals surface area contributed by atoms with Crippen LogP contribution in [0.1, 0.15) is 349 Å². The van der Waals surface area contributed by atoms with Crippen LogP contribution in [-0.2, 0) is 29.2 Å². The summed E-state index contributed by atoms with van der Waals surface area (Å²) in [5, 5.41) is 0. The molecule has 2 atom stereocenters. The van der Waals surface area contributed by atoms with Gasteiger partial charge in [-0.2, -0.15) is 0 Å². The van der Waals surface area contributed by atoms with E-state index >= 15 is 0 Å². The van der Waals surface area contributed by atoms with E-state index in [9.17, 15) is 25.9 Å². The van der Waals surface area contributed by atoms with E-state index in [2.05, 4.69) is 36.1 Å². The maximum Gasteiger partial charge on any atom is 2.00 e. The van der Waals surface area contributed by atoms with E-state index in [1.807, 2.05) is 0 Å². The van der Waals surface area contributed by atoms with Gasteiger partial charge in [-0.3, -0.25) is 8.37 Å². The summed E-state index contributed by atoms with van der Waals surface area (Å²) in [6, 6.07) is 0. The molecule has 2 unspecified atom stereocenters. The summed E-state index contributed by atoms with van der Waals surface area (Å²) in [4.78, 5) is 0. The third-order valence-electron chi connectivity index (χ3n) is 14.3. The van der Waals surface area contributed by atoms with Crippen LogP contribution in [0.2, 0.25) is 0 Å². The first kappa shape index (κ1) is 74.2. The van der Waals surface area contributed by atoms with Gasteiger partial charge in [-0.05, 0) is 37.5 Å². The molecule has 0 bridgehead atoms. The Hall–Kier alpha value is 1.000. The zero-order chi connectivity index (χ0) is 50.3. The summed E-state index contributed by atoms with van der Waals surface area (Å²) in [5.41, 5.74) is 0. The molecule has 0 aromatic carbocycles. The molecule has 0 heterocycles. The Balaban J connectivity index is -0.00000124. The molecule has 412 valence electrons. The van der Waals surface area contributed by atoms with Gasteiger partial charge in [0.2, 0.25) is 20.8 Å². The molecule has 0 spiro atoms. The number of unbranched alkanes of at least 4 members (excludes halogenated alkanes) is 42. The van der Waals surface area contributed by atoms with Crippen molar-refractivity contribution in [2.75, 3.05) is 13.2 Å². The predicted molar refractivity (Wildman–Crippen MR) is 298 cm³/mol. The van der Waals surface area contributed by atoms with Crippen molar-refractivity contribution in [2.24, 2.45) is 11.8 Å². The van der Waals surface area contributed by atoms with Crippen LogP contribution < -0.4 is 0 Å². The van der Waals surface area contributed by atoms with Crippen LogP contribution in [-0.4, -0.2) is 76.9 Å². The van der Waals surface area contributed by atoms with E-state index in [-0.39, 0.29) is 62.8 Å². The second-order valence-corrected chi connectivity index (χ2v) is 23.2. The first-order valence-electron chi connectivity index (χ1n) is 30.2. The summed E-state index contributed by atoms with van der Waals surface area (Å²) >= 11 is 0. The predicted octanol–water partition coefficient (Wildman–Crippen LogP) is 19.4. The molecule has 0 aromatic heterocycles. The Morgan fingerprint density at radius 3 is 0.522 bits per heavy atom. The van der Waals surface area contributed by atoms with Gasteiger partial charge in [-0.15, -0.1) is 0 Å². The van der Waals surface area contributed by atoms with Gasteiger partial charge in [0.25, 0.3) is 0 Å². The molecule has 0 fully saturated rings. The summed E-state index contributed by atoms with van der Waals surface area (Å²) in [6.07, 6.45) is 64.8. The van der Waals surface area contributed by atoms with E-state index in [0.717, 1.165) is 51.4 Å². The van der Waals surface area contributed by atoms with Gasteiger partial charge in [0.05, 0.1) is 13.2 Å². The third kappa shape index (κ3) is 69.0. The van der Waals surface area contributed by atoms with Crippen molar-refractivity contribution in [2.45, 2.75) is 349 Å². The summed E-state index contributed by atoms with van der Waals surface area (Å²) < 4.78 is 74.3. The SMILES string of the molecule is CCCCCCCCCCCCCCCCCCC(CCCCCCCCC)COS(=O)(=O)[O-].CCCCCCCCCCCCCCCCCCC(CCCCCCCCC)COS(=O)(=O)[O-].[Ca+2]. The maximum absolute atomic E-state index is 10.9. The van der Waals surface area contributed by atoms with E-state index < -0.39 is 20.8 Å². The topological polar surface area (TPSA) is 133 Å². The minimum absolute atomic E-state index is 0. The van der Waals surface area contributed by atoms with Gasteiger partial charge in [0.1, 0.15) is 0 Å². The van der Waals surface area contributed by atoms with E-state index in [1.165, 1.54) is 270 Å². The molecule has 11 heteroatoms. The minimum Gasteiger partial charge on any atom is -0.726 e. The van der Waals surface area contributed by atoms with Gasteiger partial charge in [0, 0.05) is 0 Å². The summed E-state index contributed by atoms with van der Waals surface area (Å²) in [5.74, 6) is 0.400. The number of rotatable bonds is 56. The van der Waals surface area contributed by atoms with Crippen molar-refractivity contribution in [3.05, 3.63) is 0 Å². The van der Waals surface area contributed by atoms with Crippen molar-refractivity contribution >= 4 is 58.5 Å². The average molecular weight is 1050 g/mol. The molecule has 0 N–H and O–H groups in total. The summed E-state index contributed by atoms with van der Waals surface area (Å²) in [7, 11) is -9.15. The van der Waals surface area contributed by atoms with Crippen molar-refractivity contribution < 1.29 is 34.3 Å². The average Bonchev–Trinajstić information content (AvgIpc) is 3.30. The Bertz CT molecular complexity index is 1080. The molecule has 0 saturated carbocycles.